The summed E-state index contributed by atoms with van der Waals surface area (Å²) in [5.74, 6) is 0.132. The molecule has 1 aliphatic carbocycles. The van der Waals surface area contributed by atoms with Crippen molar-refractivity contribution in [2.45, 2.75) is 44.6 Å². The predicted molar refractivity (Wildman–Crippen MR) is 53.3 cm³/mol. The van der Waals surface area contributed by atoms with Crippen molar-refractivity contribution >= 4 is 5.91 Å². The molecule has 0 bridgehead atoms. The lowest BCUT2D eigenvalue weighted by atomic mass is 9.76. The van der Waals surface area contributed by atoms with Gasteiger partial charge in [0.15, 0.2) is 0 Å². The average Bonchev–Trinajstić information content (AvgIpc) is 2.09. The van der Waals surface area contributed by atoms with Crippen LogP contribution in [0.4, 0.5) is 0 Å². The van der Waals surface area contributed by atoms with Crippen LogP contribution in [0.5, 0.6) is 0 Å². The lowest BCUT2D eigenvalue weighted by Crippen LogP contribution is -2.58. The molecule has 0 atom stereocenters. The molecule has 0 spiro atoms. The van der Waals surface area contributed by atoms with Gasteiger partial charge in [-0.15, -0.1) is 0 Å². The molecule has 0 aliphatic heterocycles. The fourth-order valence-corrected chi connectivity index (χ4v) is 1.65. The van der Waals surface area contributed by atoms with E-state index in [0.717, 1.165) is 38.6 Å². The van der Waals surface area contributed by atoms with Gasteiger partial charge in [-0.25, -0.2) is 0 Å². The van der Waals surface area contributed by atoms with E-state index in [9.17, 15) is 4.79 Å². The number of amides is 1. The van der Waals surface area contributed by atoms with Gasteiger partial charge in [-0.1, -0.05) is 13.3 Å². The normalized spacial score (nSPS) is 19.3. The summed E-state index contributed by atoms with van der Waals surface area (Å²) in [6.45, 7) is 2.97. The molecule has 3 heteroatoms. The Kier molecular flexibility index (Phi) is 3.31. The van der Waals surface area contributed by atoms with Crippen molar-refractivity contribution in [3.63, 3.8) is 0 Å². The zero-order valence-corrected chi connectivity index (χ0v) is 8.68. The van der Waals surface area contributed by atoms with Crippen LogP contribution in [0, 0.1) is 0 Å². The van der Waals surface area contributed by atoms with Gasteiger partial charge >= 0.3 is 0 Å². The Morgan fingerprint density at radius 2 is 2.15 bits per heavy atom. The van der Waals surface area contributed by atoms with Gasteiger partial charge in [0, 0.05) is 13.6 Å². The molecule has 0 radical (unpaired) electrons. The Morgan fingerprint density at radius 1 is 1.54 bits per heavy atom. The van der Waals surface area contributed by atoms with Crippen LogP contribution in [0.15, 0.2) is 0 Å². The van der Waals surface area contributed by atoms with E-state index in [4.69, 9.17) is 5.73 Å². The van der Waals surface area contributed by atoms with Crippen LogP contribution in [0.3, 0.4) is 0 Å². The molecule has 1 amide bonds. The first-order chi connectivity index (χ1) is 6.10. The van der Waals surface area contributed by atoms with Crippen LogP contribution < -0.4 is 5.73 Å². The van der Waals surface area contributed by atoms with E-state index in [1.165, 1.54) is 0 Å². The van der Waals surface area contributed by atoms with Crippen LogP contribution in [0.1, 0.15) is 39.0 Å². The minimum absolute atomic E-state index is 0.132. The molecule has 0 heterocycles. The molecule has 1 fully saturated rings. The summed E-state index contributed by atoms with van der Waals surface area (Å²) in [5.41, 5.74) is 5.42. The van der Waals surface area contributed by atoms with Crippen LogP contribution in [0.2, 0.25) is 0 Å². The molecular formula is C10H20N2O. The number of carbonyl (C=O) groups excluding carboxylic acids is 1. The number of carbonyl (C=O) groups is 1. The number of hydrogen-bond donors (Lipinski definition) is 1. The Bertz CT molecular complexity index is 187. The van der Waals surface area contributed by atoms with Crippen LogP contribution in [0.25, 0.3) is 0 Å². The molecule has 0 unspecified atom stereocenters. The van der Waals surface area contributed by atoms with Gasteiger partial charge in [0.05, 0.1) is 5.54 Å². The Balaban J connectivity index is 2.37. The van der Waals surface area contributed by atoms with Gasteiger partial charge in [-0.2, -0.15) is 0 Å². The van der Waals surface area contributed by atoms with Crippen molar-refractivity contribution in [1.82, 2.24) is 4.90 Å². The summed E-state index contributed by atoms with van der Waals surface area (Å²) in [6.07, 6.45) is 5.02. The first-order valence-corrected chi connectivity index (χ1v) is 5.14. The zero-order chi connectivity index (χ0) is 9.90. The smallest absolute Gasteiger partial charge is 0.242 e. The number of hydrogen-bond acceptors (Lipinski definition) is 2. The second-order valence-electron chi connectivity index (χ2n) is 4.09. The second kappa shape index (κ2) is 4.09. The molecule has 2 N–H and O–H groups in total. The number of likely N-dealkylation sites (N-methyl/N-ethyl adjacent to an activating group) is 1. The SMILES string of the molecule is CCCCN(C)C(=O)C1(N)CCC1. The van der Waals surface area contributed by atoms with E-state index in [2.05, 4.69) is 6.92 Å². The van der Waals surface area contributed by atoms with E-state index in [-0.39, 0.29) is 5.91 Å². The maximum atomic E-state index is 11.8. The summed E-state index contributed by atoms with van der Waals surface area (Å²) >= 11 is 0. The fraction of sp³-hybridized carbons (Fsp3) is 0.900. The topological polar surface area (TPSA) is 46.3 Å². The number of nitrogens with two attached hydrogens (primary N) is 1. The molecule has 1 rings (SSSR count). The van der Waals surface area contributed by atoms with Crippen LogP contribution in [-0.2, 0) is 4.79 Å². The van der Waals surface area contributed by atoms with Crippen molar-refractivity contribution in [3.8, 4) is 0 Å². The molecule has 0 aromatic heterocycles. The number of nitrogens with zero attached hydrogens (tertiary/aromatic N) is 1. The quantitative estimate of drug-likeness (QED) is 0.712. The standard InChI is InChI=1S/C10H20N2O/c1-3-4-8-12(2)9(13)10(11)6-5-7-10/h3-8,11H2,1-2H3. The fourth-order valence-electron chi connectivity index (χ4n) is 1.65. The molecule has 76 valence electrons. The van der Waals surface area contributed by atoms with Crippen molar-refractivity contribution in [2.24, 2.45) is 5.73 Å². The molecule has 0 aromatic rings. The van der Waals surface area contributed by atoms with E-state index in [1.54, 1.807) is 4.90 Å². The summed E-state index contributed by atoms with van der Waals surface area (Å²) in [7, 11) is 1.85. The van der Waals surface area contributed by atoms with Gasteiger partial charge < -0.3 is 10.6 Å². The minimum Gasteiger partial charge on any atom is -0.344 e. The summed E-state index contributed by atoms with van der Waals surface area (Å²) in [5, 5.41) is 0. The molecule has 0 aromatic carbocycles. The monoisotopic (exact) mass is 184 g/mol. The van der Waals surface area contributed by atoms with Gasteiger partial charge in [0.25, 0.3) is 0 Å². The highest BCUT2D eigenvalue weighted by molar-refractivity contribution is 5.86. The highest BCUT2D eigenvalue weighted by Crippen LogP contribution is 2.30. The lowest BCUT2D eigenvalue weighted by Gasteiger charge is -2.39. The average molecular weight is 184 g/mol. The van der Waals surface area contributed by atoms with E-state index < -0.39 is 5.54 Å². The predicted octanol–water partition coefficient (Wildman–Crippen LogP) is 1.13. The highest BCUT2D eigenvalue weighted by atomic mass is 16.2. The van der Waals surface area contributed by atoms with E-state index in [0.29, 0.717) is 0 Å². The van der Waals surface area contributed by atoms with Gasteiger partial charge in [-0.05, 0) is 25.7 Å². The Morgan fingerprint density at radius 3 is 2.54 bits per heavy atom. The third-order valence-electron chi connectivity index (χ3n) is 2.87. The number of unbranched alkanes of at least 4 members (excludes halogenated alkanes) is 1. The first kappa shape index (κ1) is 10.5. The highest BCUT2D eigenvalue weighted by Gasteiger charge is 2.41. The maximum absolute atomic E-state index is 11.8. The minimum atomic E-state index is -0.511. The van der Waals surface area contributed by atoms with E-state index in [1.807, 2.05) is 7.05 Å². The molecule has 1 aliphatic rings. The largest absolute Gasteiger partial charge is 0.344 e. The third-order valence-corrected chi connectivity index (χ3v) is 2.87. The molecular weight excluding hydrogens is 164 g/mol. The van der Waals surface area contributed by atoms with Crippen LogP contribution >= 0.6 is 0 Å². The summed E-state index contributed by atoms with van der Waals surface area (Å²) in [6, 6.07) is 0. The molecule has 0 saturated heterocycles. The summed E-state index contributed by atoms with van der Waals surface area (Å²) < 4.78 is 0. The van der Waals surface area contributed by atoms with Crippen molar-refractivity contribution in [3.05, 3.63) is 0 Å². The first-order valence-electron chi connectivity index (χ1n) is 5.14. The van der Waals surface area contributed by atoms with Crippen molar-refractivity contribution in [2.75, 3.05) is 13.6 Å². The Labute approximate surface area is 80.3 Å². The number of rotatable bonds is 4. The molecule has 1 saturated carbocycles. The second-order valence-corrected chi connectivity index (χ2v) is 4.09. The van der Waals surface area contributed by atoms with Crippen molar-refractivity contribution < 1.29 is 4.79 Å². The van der Waals surface area contributed by atoms with Gasteiger partial charge in [0.2, 0.25) is 5.91 Å². The maximum Gasteiger partial charge on any atom is 0.242 e. The third kappa shape index (κ3) is 2.21. The lowest BCUT2D eigenvalue weighted by molar-refractivity contribution is -0.138. The summed E-state index contributed by atoms with van der Waals surface area (Å²) in [4.78, 5) is 13.5. The van der Waals surface area contributed by atoms with Gasteiger partial charge in [0.1, 0.15) is 0 Å². The molecule has 3 nitrogen and oxygen atoms in total. The van der Waals surface area contributed by atoms with Crippen LogP contribution in [-0.4, -0.2) is 29.9 Å². The Hall–Kier alpha value is -0.570. The van der Waals surface area contributed by atoms with E-state index >= 15 is 0 Å². The molecule has 13 heavy (non-hydrogen) atoms. The van der Waals surface area contributed by atoms with Gasteiger partial charge in [-0.3, -0.25) is 4.79 Å². The van der Waals surface area contributed by atoms with Crippen molar-refractivity contribution in [1.29, 1.82) is 0 Å². The zero-order valence-electron chi connectivity index (χ0n) is 8.68.